The molecule has 0 fully saturated rings. The minimum atomic E-state index is 0.364. The van der Waals surface area contributed by atoms with Crippen molar-refractivity contribution in [3.63, 3.8) is 0 Å². The van der Waals surface area contributed by atoms with Gasteiger partial charge in [-0.15, -0.1) is 0 Å². The zero-order valence-electron chi connectivity index (χ0n) is 10.0. The van der Waals surface area contributed by atoms with E-state index in [0.717, 1.165) is 31.4 Å². The summed E-state index contributed by atoms with van der Waals surface area (Å²) in [6.07, 6.45) is 0. The van der Waals surface area contributed by atoms with E-state index in [2.05, 4.69) is 41.4 Å². The number of hydrogen-bond donors (Lipinski definition) is 1. The molecule has 0 saturated carbocycles. The molecule has 0 atom stereocenters. The summed E-state index contributed by atoms with van der Waals surface area (Å²) in [5.41, 5.74) is 10.1. The van der Waals surface area contributed by atoms with Gasteiger partial charge in [-0.1, -0.05) is 25.4 Å². The zero-order chi connectivity index (χ0) is 12.7. The molecule has 0 aliphatic rings. The van der Waals surface area contributed by atoms with E-state index in [-0.39, 0.29) is 0 Å². The molecular weight excluding hydrogens is 347 g/mol. The largest absolute Gasteiger partial charge is 0.398 e. The van der Waals surface area contributed by atoms with Gasteiger partial charge in [0.05, 0.1) is 5.52 Å². The maximum atomic E-state index is 6.26. The van der Waals surface area contributed by atoms with Crippen LogP contribution in [0.4, 0.5) is 5.69 Å². The number of rotatable bonds is 1. The van der Waals surface area contributed by atoms with E-state index in [9.17, 15) is 0 Å². The molecule has 0 amide bonds. The number of benzene rings is 1. The number of pyridine rings is 1. The van der Waals surface area contributed by atoms with Crippen LogP contribution in [0.25, 0.3) is 10.9 Å². The molecule has 4 heteroatoms. The smallest absolute Gasteiger partial charge is 0.0860 e. The summed E-state index contributed by atoms with van der Waals surface area (Å²) in [6.45, 7) is 6.26. The number of aryl methyl sites for hydroxylation is 1. The molecule has 0 aliphatic carbocycles. The van der Waals surface area contributed by atoms with Gasteiger partial charge in [-0.25, -0.2) is 0 Å². The zero-order valence-corrected chi connectivity index (χ0v) is 12.9. The summed E-state index contributed by atoms with van der Waals surface area (Å²) >= 11 is 8.32. The lowest BCUT2D eigenvalue weighted by Crippen LogP contribution is -2.04. The Morgan fingerprint density at radius 2 is 2.00 bits per heavy atom. The lowest BCUT2D eigenvalue weighted by Gasteiger charge is -2.15. The summed E-state index contributed by atoms with van der Waals surface area (Å²) in [7, 11) is 0. The Labute approximate surface area is 120 Å². The van der Waals surface area contributed by atoms with E-state index in [1.165, 1.54) is 0 Å². The summed E-state index contributed by atoms with van der Waals surface area (Å²) in [6, 6.07) is 3.80. The second kappa shape index (κ2) is 4.61. The normalized spacial score (nSPS) is 11.4. The highest BCUT2D eigenvalue weighted by Crippen LogP contribution is 2.34. The van der Waals surface area contributed by atoms with Crippen molar-refractivity contribution >= 4 is 50.8 Å². The average Bonchev–Trinajstić information content (AvgIpc) is 2.19. The highest BCUT2D eigenvalue weighted by molar-refractivity contribution is 14.1. The number of nitrogens with two attached hydrogens (primary N) is 1. The molecule has 1 heterocycles. The van der Waals surface area contributed by atoms with Gasteiger partial charge in [0.2, 0.25) is 0 Å². The van der Waals surface area contributed by atoms with Crippen LogP contribution in [0.15, 0.2) is 12.1 Å². The highest BCUT2D eigenvalue weighted by Gasteiger charge is 2.15. The molecule has 1 aromatic carbocycles. The molecule has 0 unspecified atom stereocenters. The lowest BCUT2D eigenvalue weighted by molar-refractivity contribution is 0.851. The van der Waals surface area contributed by atoms with Gasteiger partial charge < -0.3 is 5.73 Å². The van der Waals surface area contributed by atoms with Crippen molar-refractivity contribution in [1.82, 2.24) is 4.98 Å². The second-order valence-corrected chi connectivity index (χ2v) is 6.06. The molecule has 0 spiro atoms. The number of hydrogen-bond acceptors (Lipinski definition) is 2. The molecule has 0 radical (unpaired) electrons. The van der Waals surface area contributed by atoms with Crippen molar-refractivity contribution in [2.75, 3.05) is 5.73 Å². The van der Waals surface area contributed by atoms with Crippen LogP contribution in [0.1, 0.15) is 31.0 Å². The van der Waals surface area contributed by atoms with Crippen LogP contribution >= 0.6 is 34.2 Å². The Morgan fingerprint density at radius 1 is 1.35 bits per heavy atom. The molecule has 2 nitrogen and oxygen atoms in total. The Balaban J connectivity index is 2.92. The van der Waals surface area contributed by atoms with Crippen LogP contribution in [-0.2, 0) is 0 Å². The van der Waals surface area contributed by atoms with Crippen molar-refractivity contribution in [3.05, 3.63) is 32.0 Å². The number of anilines is 1. The molecule has 90 valence electrons. The van der Waals surface area contributed by atoms with E-state index in [1.54, 1.807) is 0 Å². The van der Waals surface area contributed by atoms with Crippen molar-refractivity contribution in [1.29, 1.82) is 0 Å². The Kier molecular flexibility index (Phi) is 3.50. The minimum absolute atomic E-state index is 0.364. The SMILES string of the molecule is Cc1nc2c(I)cc(Cl)cc2c(N)c1C(C)C. The lowest BCUT2D eigenvalue weighted by atomic mass is 9.97. The van der Waals surface area contributed by atoms with Crippen LogP contribution in [0, 0.1) is 10.5 Å². The predicted octanol–water partition coefficient (Wildman–Crippen LogP) is 4.51. The van der Waals surface area contributed by atoms with Crippen molar-refractivity contribution in [2.24, 2.45) is 0 Å². The highest BCUT2D eigenvalue weighted by atomic mass is 127. The maximum absolute atomic E-state index is 6.26. The first-order chi connectivity index (χ1) is 7.91. The van der Waals surface area contributed by atoms with Crippen LogP contribution in [-0.4, -0.2) is 4.98 Å². The number of fused-ring (bicyclic) bond motifs is 1. The first kappa shape index (κ1) is 12.9. The van der Waals surface area contributed by atoms with Crippen molar-refractivity contribution in [2.45, 2.75) is 26.7 Å². The molecule has 0 aliphatic heterocycles. The van der Waals surface area contributed by atoms with E-state index < -0.39 is 0 Å². The summed E-state index contributed by atoms with van der Waals surface area (Å²) in [5, 5.41) is 1.66. The van der Waals surface area contributed by atoms with Gasteiger partial charge in [0.15, 0.2) is 0 Å². The fourth-order valence-corrected chi connectivity index (χ4v) is 3.33. The summed E-state index contributed by atoms with van der Waals surface area (Å²) < 4.78 is 1.04. The van der Waals surface area contributed by atoms with Crippen LogP contribution in [0.2, 0.25) is 5.02 Å². The van der Waals surface area contributed by atoms with Gasteiger partial charge in [0.25, 0.3) is 0 Å². The Morgan fingerprint density at radius 3 is 2.59 bits per heavy atom. The molecule has 0 bridgehead atoms. The van der Waals surface area contributed by atoms with Crippen LogP contribution in [0.3, 0.4) is 0 Å². The molecule has 2 N–H and O–H groups in total. The Bertz CT molecular complexity index is 594. The van der Waals surface area contributed by atoms with E-state index in [1.807, 2.05) is 19.1 Å². The van der Waals surface area contributed by atoms with Gasteiger partial charge in [-0.2, -0.15) is 0 Å². The number of halogens is 2. The molecule has 17 heavy (non-hydrogen) atoms. The monoisotopic (exact) mass is 360 g/mol. The molecule has 1 aromatic heterocycles. The van der Waals surface area contributed by atoms with Crippen molar-refractivity contribution < 1.29 is 0 Å². The third kappa shape index (κ3) is 2.22. The van der Waals surface area contributed by atoms with Gasteiger partial charge in [0, 0.05) is 25.4 Å². The second-order valence-electron chi connectivity index (χ2n) is 4.46. The summed E-state index contributed by atoms with van der Waals surface area (Å²) in [5.74, 6) is 0.364. The van der Waals surface area contributed by atoms with E-state index in [4.69, 9.17) is 17.3 Å². The topological polar surface area (TPSA) is 38.9 Å². The standard InChI is InChI=1S/C13H14ClIN2/c1-6(2)11-7(3)17-13-9(12(11)16)4-8(14)5-10(13)15/h4-6H,1-3H3,(H2,16,17). The first-order valence-electron chi connectivity index (χ1n) is 5.46. The molecular formula is C13H14ClIN2. The Hall–Kier alpha value is -0.550. The van der Waals surface area contributed by atoms with Crippen LogP contribution in [0.5, 0.6) is 0 Å². The molecule has 2 aromatic rings. The average molecular weight is 361 g/mol. The number of nitrogen functional groups attached to an aromatic ring is 1. The fourth-order valence-electron chi connectivity index (χ4n) is 2.18. The summed E-state index contributed by atoms with van der Waals surface area (Å²) in [4.78, 5) is 4.65. The van der Waals surface area contributed by atoms with Gasteiger partial charge >= 0.3 is 0 Å². The molecule has 2 rings (SSSR count). The van der Waals surface area contributed by atoms with E-state index >= 15 is 0 Å². The molecule has 0 saturated heterocycles. The van der Waals surface area contributed by atoms with Gasteiger partial charge in [-0.05, 0) is 53.1 Å². The van der Waals surface area contributed by atoms with Gasteiger partial charge in [-0.3, -0.25) is 4.98 Å². The predicted molar refractivity (Wildman–Crippen MR) is 82.7 cm³/mol. The van der Waals surface area contributed by atoms with E-state index in [0.29, 0.717) is 10.9 Å². The number of aromatic nitrogens is 1. The van der Waals surface area contributed by atoms with Gasteiger partial charge in [0.1, 0.15) is 0 Å². The maximum Gasteiger partial charge on any atom is 0.0860 e. The third-order valence-corrected chi connectivity index (χ3v) is 3.90. The quantitative estimate of drug-likeness (QED) is 0.760. The first-order valence-corrected chi connectivity index (χ1v) is 6.92. The minimum Gasteiger partial charge on any atom is -0.398 e. The van der Waals surface area contributed by atoms with Crippen molar-refractivity contribution in [3.8, 4) is 0 Å². The number of nitrogens with zero attached hydrogens (tertiary/aromatic N) is 1. The fraction of sp³-hybridized carbons (Fsp3) is 0.308. The van der Waals surface area contributed by atoms with Crippen LogP contribution < -0.4 is 5.73 Å². The third-order valence-electron chi connectivity index (χ3n) is 2.86.